The summed E-state index contributed by atoms with van der Waals surface area (Å²) < 4.78 is 5.23. The smallest absolute Gasteiger partial charge is 0.171 e. The minimum atomic E-state index is 0.430. The molecule has 0 amide bonds. The highest BCUT2D eigenvalue weighted by Gasteiger charge is 2.10. The van der Waals surface area contributed by atoms with Crippen LogP contribution < -0.4 is 9.64 Å². The van der Waals surface area contributed by atoms with Gasteiger partial charge in [-0.3, -0.25) is 0 Å². The normalized spacial score (nSPS) is 12.3. The largest absolute Gasteiger partial charge is 0.493 e. The van der Waals surface area contributed by atoms with Gasteiger partial charge in [-0.1, -0.05) is 22.9 Å². The summed E-state index contributed by atoms with van der Waals surface area (Å²) in [6, 6.07) is 3.78. The molecule has 1 aromatic heterocycles. The first-order valence-corrected chi connectivity index (χ1v) is 5.41. The number of hydrogen-bond donors (Lipinski definition) is 0. The van der Waals surface area contributed by atoms with Crippen molar-refractivity contribution in [2.75, 3.05) is 25.6 Å². The molecule has 0 aliphatic heterocycles. The van der Waals surface area contributed by atoms with E-state index in [1.54, 1.807) is 13.3 Å². The van der Waals surface area contributed by atoms with Gasteiger partial charge in [0.25, 0.3) is 0 Å². The second-order valence-corrected chi connectivity index (χ2v) is 4.75. The van der Waals surface area contributed by atoms with Crippen LogP contribution in [-0.2, 0) is 0 Å². The number of hydrogen-bond acceptors (Lipinski definition) is 3. The number of nitrogens with zero attached hydrogens (tertiary/aromatic N) is 2. The van der Waals surface area contributed by atoms with E-state index in [4.69, 9.17) is 4.74 Å². The van der Waals surface area contributed by atoms with Crippen molar-refractivity contribution in [1.29, 1.82) is 0 Å². The van der Waals surface area contributed by atoms with Crippen molar-refractivity contribution >= 4 is 21.7 Å². The average Bonchev–Trinajstić information content (AvgIpc) is 2.16. The second kappa shape index (κ2) is 5.20. The Morgan fingerprint density at radius 1 is 1.64 bits per heavy atom. The zero-order valence-corrected chi connectivity index (χ0v) is 10.3. The molecule has 0 aliphatic rings. The third kappa shape index (κ3) is 2.87. The molecule has 1 aromatic rings. The maximum Gasteiger partial charge on any atom is 0.171 e. The molecule has 3 nitrogen and oxygen atoms in total. The fourth-order valence-electron chi connectivity index (χ4n) is 1.29. The lowest BCUT2D eigenvalue weighted by molar-refractivity contribution is 0.413. The molecule has 4 heteroatoms. The third-order valence-electron chi connectivity index (χ3n) is 1.86. The zero-order chi connectivity index (χ0) is 10.6. The summed E-state index contributed by atoms with van der Waals surface area (Å²) in [5, 5.41) is 0. The van der Waals surface area contributed by atoms with Crippen LogP contribution in [0.5, 0.6) is 5.75 Å². The zero-order valence-electron chi connectivity index (χ0n) is 8.70. The van der Waals surface area contributed by atoms with Crippen LogP contribution in [-0.4, -0.2) is 30.5 Å². The Bertz CT molecular complexity index is 291. The van der Waals surface area contributed by atoms with E-state index in [2.05, 4.69) is 32.7 Å². The summed E-state index contributed by atoms with van der Waals surface area (Å²) in [6.45, 7) is 3.00. The number of aromatic nitrogens is 1. The van der Waals surface area contributed by atoms with Crippen molar-refractivity contribution in [1.82, 2.24) is 4.98 Å². The van der Waals surface area contributed by atoms with Gasteiger partial charge in [0.05, 0.1) is 7.11 Å². The highest BCUT2D eigenvalue weighted by Crippen LogP contribution is 2.23. The van der Waals surface area contributed by atoms with E-state index in [0.717, 1.165) is 18.1 Å². The van der Waals surface area contributed by atoms with Crippen molar-refractivity contribution in [2.24, 2.45) is 0 Å². The molecule has 0 bridgehead atoms. The topological polar surface area (TPSA) is 25.4 Å². The fourth-order valence-corrected chi connectivity index (χ4v) is 1.73. The molecule has 0 N–H and O–H groups in total. The van der Waals surface area contributed by atoms with Crippen LogP contribution in [0.25, 0.3) is 0 Å². The van der Waals surface area contributed by atoms with E-state index in [-0.39, 0.29) is 0 Å². The molecule has 1 atom stereocenters. The molecule has 78 valence electrons. The molecule has 14 heavy (non-hydrogen) atoms. The lowest BCUT2D eigenvalue weighted by Crippen LogP contribution is -2.25. The standard InChI is InChI=1S/C10H15BrN2O/c1-8(11)7-13(2)10-9(14-3)5-4-6-12-10/h4-6,8H,7H2,1-3H3. The summed E-state index contributed by atoms with van der Waals surface area (Å²) in [5.41, 5.74) is 0. The van der Waals surface area contributed by atoms with Gasteiger partial charge in [0, 0.05) is 24.6 Å². The number of methoxy groups -OCH3 is 1. The van der Waals surface area contributed by atoms with Gasteiger partial charge in [-0.05, 0) is 12.1 Å². The molecule has 1 heterocycles. The molecular weight excluding hydrogens is 244 g/mol. The molecule has 0 radical (unpaired) electrons. The van der Waals surface area contributed by atoms with Crippen molar-refractivity contribution in [3.05, 3.63) is 18.3 Å². The van der Waals surface area contributed by atoms with Crippen molar-refractivity contribution in [3.63, 3.8) is 0 Å². The van der Waals surface area contributed by atoms with E-state index in [0.29, 0.717) is 4.83 Å². The SMILES string of the molecule is COc1cccnc1N(C)CC(C)Br. The molecule has 0 aromatic carbocycles. The van der Waals surface area contributed by atoms with Gasteiger partial charge in [0.2, 0.25) is 0 Å². The van der Waals surface area contributed by atoms with Crippen LogP contribution in [0.2, 0.25) is 0 Å². The molecule has 1 rings (SSSR count). The van der Waals surface area contributed by atoms with Crippen LogP contribution >= 0.6 is 15.9 Å². The maximum atomic E-state index is 5.23. The Balaban J connectivity index is 2.82. The highest BCUT2D eigenvalue weighted by atomic mass is 79.9. The Labute approximate surface area is 93.2 Å². The average molecular weight is 259 g/mol. The first-order chi connectivity index (χ1) is 6.65. The molecule has 0 saturated carbocycles. The van der Waals surface area contributed by atoms with Crippen molar-refractivity contribution < 1.29 is 4.74 Å². The van der Waals surface area contributed by atoms with Crippen LogP contribution in [0.1, 0.15) is 6.92 Å². The van der Waals surface area contributed by atoms with Crippen LogP contribution in [0.3, 0.4) is 0 Å². The van der Waals surface area contributed by atoms with E-state index >= 15 is 0 Å². The summed E-state index contributed by atoms with van der Waals surface area (Å²) in [6.07, 6.45) is 1.77. The molecule has 0 fully saturated rings. The Morgan fingerprint density at radius 2 is 2.36 bits per heavy atom. The Hall–Kier alpha value is -0.770. The van der Waals surface area contributed by atoms with Gasteiger partial charge in [-0.25, -0.2) is 4.98 Å². The number of anilines is 1. The molecule has 0 aliphatic carbocycles. The number of alkyl halides is 1. The molecule has 0 saturated heterocycles. The monoisotopic (exact) mass is 258 g/mol. The van der Waals surface area contributed by atoms with Crippen LogP contribution in [0.4, 0.5) is 5.82 Å². The summed E-state index contributed by atoms with van der Waals surface area (Å²) >= 11 is 3.51. The Kier molecular flexibility index (Phi) is 4.20. The molecule has 1 unspecified atom stereocenters. The first kappa shape index (κ1) is 11.3. The Morgan fingerprint density at radius 3 is 2.93 bits per heavy atom. The van der Waals surface area contributed by atoms with E-state index in [1.807, 2.05) is 19.2 Å². The number of rotatable bonds is 4. The summed E-state index contributed by atoms with van der Waals surface area (Å²) in [4.78, 5) is 6.78. The van der Waals surface area contributed by atoms with Gasteiger partial charge in [0.1, 0.15) is 0 Å². The highest BCUT2D eigenvalue weighted by molar-refractivity contribution is 9.09. The second-order valence-electron chi connectivity index (χ2n) is 3.19. The minimum absolute atomic E-state index is 0.430. The number of pyridine rings is 1. The predicted octanol–water partition coefficient (Wildman–Crippen LogP) is 2.31. The van der Waals surface area contributed by atoms with E-state index in [1.165, 1.54) is 0 Å². The maximum absolute atomic E-state index is 5.23. The lowest BCUT2D eigenvalue weighted by Gasteiger charge is -2.21. The quantitative estimate of drug-likeness (QED) is 0.776. The van der Waals surface area contributed by atoms with Gasteiger partial charge < -0.3 is 9.64 Å². The van der Waals surface area contributed by atoms with Crippen LogP contribution in [0.15, 0.2) is 18.3 Å². The van der Waals surface area contributed by atoms with Crippen molar-refractivity contribution in [3.8, 4) is 5.75 Å². The van der Waals surface area contributed by atoms with E-state index in [9.17, 15) is 0 Å². The summed E-state index contributed by atoms with van der Waals surface area (Å²) in [7, 11) is 3.66. The van der Waals surface area contributed by atoms with Gasteiger partial charge in [0.15, 0.2) is 11.6 Å². The summed E-state index contributed by atoms with van der Waals surface area (Å²) in [5.74, 6) is 1.68. The number of ether oxygens (including phenoxy) is 1. The lowest BCUT2D eigenvalue weighted by atomic mass is 10.3. The first-order valence-electron chi connectivity index (χ1n) is 4.49. The number of halogens is 1. The predicted molar refractivity (Wildman–Crippen MR) is 62.4 cm³/mol. The van der Waals surface area contributed by atoms with Gasteiger partial charge in [-0.2, -0.15) is 0 Å². The fraction of sp³-hybridized carbons (Fsp3) is 0.500. The van der Waals surface area contributed by atoms with E-state index < -0.39 is 0 Å². The van der Waals surface area contributed by atoms with Gasteiger partial charge in [-0.15, -0.1) is 0 Å². The van der Waals surface area contributed by atoms with Gasteiger partial charge >= 0.3 is 0 Å². The molecule has 0 spiro atoms. The minimum Gasteiger partial charge on any atom is -0.493 e. The molecular formula is C10H15BrN2O. The third-order valence-corrected chi connectivity index (χ3v) is 2.15. The van der Waals surface area contributed by atoms with Crippen molar-refractivity contribution in [2.45, 2.75) is 11.8 Å². The van der Waals surface area contributed by atoms with Crippen LogP contribution in [0, 0.1) is 0 Å².